The molecule has 0 aliphatic heterocycles. The van der Waals surface area contributed by atoms with E-state index in [0.29, 0.717) is 25.8 Å². The maximum Gasteiger partial charge on any atom is 0.326 e. The van der Waals surface area contributed by atoms with Crippen LogP contribution in [0.3, 0.4) is 0 Å². The second-order valence-electron chi connectivity index (χ2n) is 6.42. The Bertz CT molecular complexity index is 517. The number of nitrogens with two attached hydrogens (primary N) is 2. The molecule has 0 aromatic rings. The molecule has 0 saturated carbocycles. The van der Waals surface area contributed by atoms with Gasteiger partial charge in [0.25, 0.3) is 0 Å². The van der Waals surface area contributed by atoms with E-state index in [0.717, 1.165) is 0 Å². The van der Waals surface area contributed by atoms with Crippen molar-refractivity contribution in [1.82, 2.24) is 16.0 Å². The molecule has 0 bridgehead atoms. The molecular weight excluding hydrogens is 374 g/mol. The topological polar surface area (TPSA) is 177 Å². The van der Waals surface area contributed by atoms with E-state index in [2.05, 4.69) is 28.6 Å². The van der Waals surface area contributed by atoms with Crippen molar-refractivity contribution in [3.8, 4) is 0 Å². The van der Waals surface area contributed by atoms with Gasteiger partial charge in [-0.05, 0) is 31.7 Å². The van der Waals surface area contributed by atoms with Gasteiger partial charge in [0.05, 0.1) is 6.54 Å². The third-order valence-corrected chi connectivity index (χ3v) is 4.20. The molecule has 0 aliphatic rings. The second kappa shape index (κ2) is 13.3. The van der Waals surface area contributed by atoms with Crippen LogP contribution in [-0.4, -0.2) is 65.8 Å². The Morgan fingerprint density at radius 3 is 2.00 bits per heavy atom. The number of carbonyl (C=O) groups is 4. The molecule has 0 fully saturated rings. The van der Waals surface area contributed by atoms with E-state index >= 15 is 0 Å². The van der Waals surface area contributed by atoms with Crippen LogP contribution in [0.5, 0.6) is 0 Å². The lowest BCUT2D eigenvalue weighted by atomic mass is 10.0. The average molecular weight is 406 g/mol. The summed E-state index contributed by atoms with van der Waals surface area (Å²) in [5, 5.41) is 16.6. The summed E-state index contributed by atoms with van der Waals surface area (Å²) in [7, 11) is 0. The van der Waals surface area contributed by atoms with Crippen LogP contribution in [0.2, 0.25) is 0 Å². The predicted octanol–water partition coefficient (Wildman–Crippen LogP) is -1.80. The Kier molecular flexibility index (Phi) is 12.4. The van der Waals surface area contributed by atoms with Crippen LogP contribution in [-0.2, 0) is 19.2 Å². The number of hydrogen-bond acceptors (Lipinski definition) is 7. The van der Waals surface area contributed by atoms with Crippen LogP contribution >= 0.6 is 12.6 Å². The van der Waals surface area contributed by atoms with Gasteiger partial charge in [0.1, 0.15) is 18.1 Å². The highest BCUT2D eigenvalue weighted by Crippen LogP contribution is 2.05. The first-order valence-corrected chi connectivity index (χ1v) is 9.45. The summed E-state index contributed by atoms with van der Waals surface area (Å²) in [6.07, 6.45) is 1.61. The van der Waals surface area contributed by atoms with Crippen molar-refractivity contribution in [1.29, 1.82) is 0 Å². The van der Waals surface area contributed by atoms with E-state index in [4.69, 9.17) is 11.5 Å². The largest absolute Gasteiger partial charge is 0.480 e. The molecule has 0 aromatic heterocycles. The van der Waals surface area contributed by atoms with Crippen molar-refractivity contribution in [2.45, 2.75) is 51.2 Å². The van der Waals surface area contributed by atoms with Crippen LogP contribution in [0.15, 0.2) is 0 Å². The number of nitrogens with one attached hydrogen (secondary N) is 3. The third kappa shape index (κ3) is 9.59. The summed E-state index contributed by atoms with van der Waals surface area (Å²) >= 11 is 4.05. The zero-order valence-electron chi connectivity index (χ0n) is 15.7. The maximum atomic E-state index is 12.5. The SMILES string of the molecule is CC(C)C(NC(=O)C(CS)NC(=O)C(CCCCN)NC(=O)CN)C(=O)O. The zero-order chi connectivity index (χ0) is 21.0. The van der Waals surface area contributed by atoms with Crippen LogP contribution < -0.4 is 27.4 Å². The van der Waals surface area contributed by atoms with Gasteiger partial charge in [0, 0.05) is 5.75 Å². The molecule has 0 aromatic carbocycles. The molecule has 0 rings (SSSR count). The monoisotopic (exact) mass is 405 g/mol. The fourth-order valence-electron chi connectivity index (χ4n) is 2.25. The zero-order valence-corrected chi connectivity index (χ0v) is 16.6. The van der Waals surface area contributed by atoms with Gasteiger partial charge >= 0.3 is 5.97 Å². The molecule has 3 atom stereocenters. The molecule has 0 radical (unpaired) electrons. The van der Waals surface area contributed by atoms with Crippen LogP contribution in [0, 0.1) is 5.92 Å². The summed E-state index contributed by atoms with van der Waals surface area (Å²) < 4.78 is 0. The summed E-state index contributed by atoms with van der Waals surface area (Å²) in [5.41, 5.74) is 10.7. The number of carboxylic acid groups (broad SMARTS) is 1. The highest BCUT2D eigenvalue weighted by Gasteiger charge is 2.29. The summed E-state index contributed by atoms with van der Waals surface area (Å²) in [6.45, 7) is 3.49. The van der Waals surface area contributed by atoms with Gasteiger partial charge in [0.2, 0.25) is 17.7 Å². The standard InChI is InChI=1S/C16H31N5O5S/c1-9(2)13(16(25)26)21-15(24)11(8-27)20-14(23)10(5-3-4-6-17)19-12(22)7-18/h9-11,13,27H,3-8,17-18H2,1-2H3,(H,19,22)(H,20,23)(H,21,24)(H,25,26). The third-order valence-electron chi connectivity index (χ3n) is 3.83. The van der Waals surface area contributed by atoms with Crippen molar-refractivity contribution in [2.24, 2.45) is 17.4 Å². The highest BCUT2D eigenvalue weighted by atomic mass is 32.1. The van der Waals surface area contributed by atoms with Crippen molar-refractivity contribution >= 4 is 36.3 Å². The van der Waals surface area contributed by atoms with Crippen LogP contribution in [0.4, 0.5) is 0 Å². The molecule has 8 N–H and O–H groups in total. The van der Waals surface area contributed by atoms with Crippen molar-refractivity contribution in [3.63, 3.8) is 0 Å². The van der Waals surface area contributed by atoms with Gasteiger partial charge in [-0.25, -0.2) is 4.79 Å². The van der Waals surface area contributed by atoms with E-state index in [9.17, 15) is 24.3 Å². The first-order chi connectivity index (χ1) is 12.7. The van der Waals surface area contributed by atoms with E-state index < -0.39 is 41.8 Å². The van der Waals surface area contributed by atoms with E-state index in [1.165, 1.54) is 0 Å². The van der Waals surface area contributed by atoms with Gasteiger partial charge in [-0.1, -0.05) is 13.8 Å². The fraction of sp³-hybridized carbons (Fsp3) is 0.750. The number of thiol groups is 1. The first-order valence-electron chi connectivity index (χ1n) is 8.81. The Balaban J connectivity index is 5.02. The van der Waals surface area contributed by atoms with Gasteiger partial charge in [-0.2, -0.15) is 12.6 Å². The molecule has 0 spiro atoms. The Morgan fingerprint density at radius 1 is 0.963 bits per heavy atom. The lowest BCUT2D eigenvalue weighted by Crippen LogP contribution is -2.57. The molecule has 0 aliphatic carbocycles. The highest BCUT2D eigenvalue weighted by molar-refractivity contribution is 7.80. The Hall–Kier alpha value is -1.85. The minimum absolute atomic E-state index is 0.0393. The fourth-order valence-corrected chi connectivity index (χ4v) is 2.51. The second-order valence-corrected chi connectivity index (χ2v) is 6.79. The van der Waals surface area contributed by atoms with E-state index in [1.54, 1.807) is 13.8 Å². The summed E-state index contributed by atoms with van der Waals surface area (Å²) in [5.74, 6) is -3.28. The molecule has 11 heteroatoms. The number of unbranched alkanes of at least 4 members (excludes halogenated alkanes) is 1. The smallest absolute Gasteiger partial charge is 0.326 e. The van der Waals surface area contributed by atoms with Crippen molar-refractivity contribution in [3.05, 3.63) is 0 Å². The Labute approximate surface area is 164 Å². The van der Waals surface area contributed by atoms with Crippen LogP contribution in [0.25, 0.3) is 0 Å². The minimum Gasteiger partial charge on any atom is -0.480 e. The molecule has 27 heavy (non-hydrogen) atoms. The molecule has 0 saturated heterocycles. The number of hydrogen-bond donors (Lipinski definition) is 7. The first kappa shape index (κ1) is 25.1. The normalized spacial score (nSPS) is 14.1. The van der Waals surface area contributed by atoms with Gasteiger partial charge < -0.3 is 32.5 Å². The molecule has 10 nitrogen and oxygen atoms in total. The van der Waals surface area contributed by atoms with E-state index in [1.807, 2.05) is 0 Å². The van der Waals surface area contributed by atoms with Crippen LogP contribution in [0.1, 0.15) is 33.1 Å². The predicted molar refractivity (Wildman–Crippen MR) is 104 cm³/mol. The summed E-state index contributed by atoms with van der Waals surface area (Å²) in [4.78, 5) is 47.6. The molecule has 3 amide bonds. The van der Waals surface area contributed by atoms with Gasteiger partial charge in [-0.3, -0.25) is 14.4 Å². The van der Waals surface area contributed by atoms with Gasteiger partial charge in [-0.15, -0.1) is 0 Å². The molecule has 0 heterocycles. The number of aliphatic carboxylic acids is 1. The number of carboxylic acids is 1. The number of carbonyl (C=O) groups excluding carboxylic acids is 3. The molecular formula is C16H31N5O5S. The lowest BCUT2D eigenvalue weighted by molar-refractivity contribution is -0.143. The Morgan fingerprint density at radius 2 is 1.56 bits per heavy atom. The number of amides is 3. The maximum absolute atomic E-state index is 12.5. The lowest BCUT2D eigenvalue weighted by Gasteiger charge is -2.24. The van der Waals surface area contributed by atoms with E-state index in [-0.39, 0.29) is 18.2 Å². The van der Waals surface area contributed by atoms with Crippen molar-refractivity contribution in [2.75, 3.05) is 18.8 Å². The summed E-state index contributed by atoms with van der Waals surface area (Å²) in [6, 6.07) is -3.01. The quantitative estimate of drug-likeness (QED) is 0.140. The van der Waals surface area contributed by atoms with Gasteiger partial charge in [0.15, 0.2) is 0 Å². The molecule has 156 valence electrons. The van der Waals surface area contributed by atoms with Crippen molar-refractivity contribution < 1.29 is 24.3 Å². The minimum atomic E-state index is -1.17. The average Bonchev–Trinajstić information content (AvgIpc) is 2.62. The molecule has 3 unspecified atom stereocenters. The number of rotatable bonds is 13.